The zero-order chi connectivity index (χ0) is 14.4. The summed E-state index contributed by atoms with van der Waals surface area (Å²) >= 11 is 0. The molecule has 1 aromatic carbocycles. The second-order valence-electron chi connectivity index (χ2n) is 5.67. The zero-order valence-corrected chi connectivity index (χ0v) is 11.8. The quantitative estimate of drug-likeness (QED) is 0.799. The zero-order valence-electron chi connectivity index (χ0n) is 11.8. The largest absolute Gasteiger partial charge is 0.483 e. The number of aromatic nitrogens is 2. The number of rotatable bonds is 1. The second kappa shape index (κ2) is 4.62. The lowest BCUT2D eigenvalue weighted by Crippen LogP contribution is -2.55. The second-order valence-corrected chi connectivity index (χ2v) is 5.67. The first-order chi connectivity index (χ1) is 10.3. The lowest BCUT2D eigenvalue weighted by atomic mass is 10.1. The van der Waals surface area contributed by atoms with Gasteiger partial charge in [-0.25, -0.2) is 4.79 Å². The maximum absolute atomic E-state index is 12.8. The van der Waals surface area contributed by atoms with Crippen molar-refractivity contribution in [2.75, 3.05) is 18.0 Å². The van der Waals surface area contributed by atoms with E-state index in [1.807, 2.05) is 39.5 Å². The van der Waals surface area contributed by atoms with E-state index in [2.05, 4.69) is 4.90 Å². The van der Waals surface area contributed by atoms with E-state index in [0.29, 0.717) is 5.56 Å². The van der Waals surface area contributed by atoms with E-state index in [0.717, 1.165) is 50.5 Å². The summed E-state index contributed by atoms with van der Waals surface area (Å²) in [7, 11) is 0. The number of hydrogen-bond donors (Lipinski definition) is 1. The van der Waals surface area contributed by atoms with Crippen molar-refractivity contribution in [1.82, 2.24) is 4.57 Å². The van der Waals surface area contributed by atoms with Crippen LogP contribution < -0.4 is 15.0 Å². The fourth-order valence-electron chi connectivity index (χ4n) is 3.45. The van der Waals surface area contributed by atoms with Crippen molar-refractivity contribution in [3.63, 3.8) is 0 Å². The van der Waals surface area contributed by atoms with Gasteiger partial charge in [0, 0.05) is 12.8 Å². The summed E-state index contributed by atoms with van der Waals surface area (Å²) < 4.78 is 3.72. The molecule has 0 bridgehead atoms. The molecule has 0 spiro atoms. The van der Waals surface area contributed by atoms with Crippen LogP contribution in [-0.4, -0.2) is 22.8 Å². The molecule has 4 rings (SSSR count). The molecule has 0 amide bonds. The Balaban J connectivity index is 2.04. The van der Waals surface area contributed by atoms with Crippen LogP contribution in [0.5, 0.6) is 5.88 Å². The minimum atomic E-state index is -0.0865. The minimum absolute atomic E-state index is 0.0865. The topological polar surface area (TPSA) is 49.4 Å². The van der Waals surface area contributed by atoms with E-state index in [-0.39, 0.29) is 11.4 Å². The van der Waals surface area contributed by atoms with Gasteiger partial charge in [-0.15, -0.1) is 0 Å². The van der Waals surface area contributed by atoms with Gasteiger partial charge in [-0.05, 0) is 5.56 Å². The molecular weight excluding hydrogens is 266 g/mol. The molecule has 1 aromatic heterocycles. The highest BCUT2D eigenvalue weighted by molar-refractivity contribution is 5.66. The molecule has 21 heavy (non-hydrogen) atoms. The number of hydrogen-bond acceptors (Lipinski definition) is 3. The van der Waals surface area contributed by atoms with Gasteiger partial charge in [-0.1, -0.05) is 30.3 Å². The van der Waals surface area contributed by atoms with Crippen LogP contribution in [0.3, 0.4) is 0 Å². The fourth-order valence-corrected chi connectivity index (χ4v) is 3.45. The average Bonchev–Trinajstić information content (AvgIpc) is 2.54. The minimum Gasteiger partial charge on any atom is -0.483 e. The third-order valence-corrected chi connectivity index (χ3v) is 4.39. The molecule has 5 nitrogen and oxygen atoms in total. The van der Waals surface area contributed by atoms with E-state index in [9.17, 15) is 9.90 Å². The van der Waals surface area contributed by atoms with E-state index in [1.54, 1.807) is 0 Å². The Morgan fingerprint density at radius 3 is 2.62 bits per heavy atom. The summed E-state index contributed by atoms with van der Waals surface area (Å²) in [4.78, 5) is 15.0. The number of aromatic hydroxyl groups is 1. The molecule has 0 aliphatic carbocycles. The Hall–Kier alpha value is -2.30. The summed E-state index contributed by atoms with van der Waals surface area (Å²) in [5.74, 6) is 0.971. The van der Waals surface area contributed by atoms with Crippen molar-refractivity contribution in [2.45, 2.75) is 25.9 Å². The van der Waals surface area contributed by atoms with E-state index in [1.165, 1.54) is 0 Å². The van der Waals surface area contributed by atoms with Crippen LogP contribution in [0.2, 0.25) is 0 Å². The molecule has 1 N–H and O–H groups in total. The molecule has 0 fully saturated rings. The molecule has 2 aliphatic rings. The molecule has 2 aliphatic heterocycles. The molecule has 0 radical (unpaired) electrons. The van der Waals surface area contributed by atoms with Gasteiger partial charge in [0.2, 0.25) is 0 Å². The molecule has 0 atom stereocenters. The van der Waals surface area contributed by atoms with Crippen LogP contribution in [0, 0.1) is 0 Å². The Morgan fingerprint density at radius 1 is 1.05 bits per heavy atom. The maximum Gasteiger partial charge on any atom is 0.365 e. The first-order valence-corrected chi connectivity index (χ1v) is 7.47. The molecule has 5 heteroatoms. The third-order valence-electron chi connectivity index (χ3n) is 4.39. The summed E-state index contributed by atoms with van der Waals surface area (Å²) in [5.41, 5.74) is 1.11. The van der Waals surface area contributed by atoms with E-state index < -0.39 is 0 Å². The smallest absolute Gasteiger partial charge is 0.365 e. The van der Waals surface area contributed by atoms with Gasteiger partial charge in [0.25, 0.3) is 5.88 Å². The monoisotopic (exact) mass is 284 g/mol. The van der Waals surface area contributed by atoms with Gasteiger partial charge in [0.05, 0.1) is 26.2 Å². The van der Waals surface area contributed by atoms with Crippen LogP contribution in [0.4, 0.5) is 5.95 Å². The molecule has 0 saturated carbocycles. The van der Waals surface area contributed by atoms with Crippen molar-refractivity contribution in [3.8, 4) is 17.0 Å². The average molecular weight is 284 g/mol. The normalized spacial score (nSPS) is 16.7. The third kappa shape index (κ3) is 1.77. The number of benzene rings is 1. The van der Waals surface area contributed by atoms with Crippen LogP contribution in [0.1, 0.15) is 12.8 Å². The summed E-state index contributed by atoms with van der Waals surface area (Å²) in [6, 6.07) is 9.44. The van der Waals surface area contributed by atoms with Gasteiger partial charge >= 0.3 is 11.5 Å². The molecule has 3 heterocycles. The first kappa shape index (κ1) is 12.4. The first-order valence-electron chi connectivity index (χ1n) is 7.47. The van der Waals surface area contributed by atoms with Crippen molar-refractivity contribution in [1.29, 1.82) is 0 Å². The SMILES string of the molecule is O=c1c(-c2ccccc2)c(O)[n+]2c3n1CCCN3CCC2. The molecule has 2 aromatic rings. The Morgan fingerprint density at radius 2 is 1.81 bits per heavy atom. The molecule has 0 unspecified atom stereocenters. The van der Waals surface area contributed by atoms with E-state index >= 15 is 0 Å². The number of anilines is 1. The van der Waals surface area contributed by atoms with Gasteiger partial charge < -0.3 is 5.11 Å². The Labute approximate surface area is 122 Å². The Kier molecular flexibility index (Phi) is 2.74. The van der Waals surface area contributed by atoms with Crippen molar-refractivity contribution in [2.24, 2.45) is 0 Å². The molecule has 0 saturated heterocycles. The van der Waals surface area contributed by atoms with Crippen molar-refractivity contribution >= 4 is 5.95 Å². The van der Waals surface area contributed by atoms with Crippen LogP contribution >= 0.6 is 0 Å². The van der Waals surface area contributed by atoms with Crippen LogP contribution in [0.15, 0.2) is 35.1 Å². The lowest BCUT2D eigenvalue weighted by Gasteiger charge is -2.31. The maximum atomic E-state index is 12.8. The highest BCUT2D eigenvalue weighted by Crippen LogP contribution is 2.28. The van der Waals surface area contributed by atoms with Gasteiger partial charge in [-0.3, -0.25) is 4.90 Å². The van der Waals surface area contributed by atoms with Gasteiger partial charge in [0.15, 0.2) is 0 Å². The summed E-state index contributed by atoms with van der Waals surface area (Å²) in [5, 5.41) is 10.7. The highest BCUT2D eigenvalue weighted by atomic mass is 16.3. The fraction of sp³-hybridized carbons (Fsp3) is 0.375. The van der Waals surface area contributed by atoms with Crippen LogP contribution in [0.25, 0.3) is 11.1 Å². The van der Waals surface area contributed by atoms with Crippen molar-refractivity contribution in [3.05, 3.63) is 40.7 Å². The Bertz CT molecular complexity index is 750. The molecule has 108 valence electrons. The summed E-state index contributed by atoms with van der Waals surface area (Å²) in [6.45, 7) is 3.41. The highest BCUT2D eigenvalue weighted by Gasteiger charge is 2.36. The summed E-state index contributed by atoms with van der Waals surface area (Å²) in [6.07, 6.45) is 1.98. The number of nitrogens with zero attached hydrogens (tertiary/aromatic N) is 3. The molecular formula is C16H18N3O2+. The lowest BCUT2D eigenvalue weighted by molar-refractivity contribution is -0.698. The van der Waals surface area contributed by atoms with Gasteiger partial charge in [-0.2, -0.15) is 9.13 Å². The predicted octanol–water partition coefficient (Wildman–Crippen LogP) is 1.12. The predicted molar refractivity (Wildman–Crippen MR) is 79.4 cm³/mol. The van der Waals surface area contributed by atoms with Crippen LogP contribution in [-0.2, 0) is 13.1 Å². The van der Waals surface area contributed by atoms with Crippen molar-refractivity contribution < 1.29 is 9.67 Å². The van der Waals surface area contributed by atoms with E-state index in [4.69, 9.17) is 0 Å². The standard InChI is InChI=1S/C16H17N3O2/c20-14-13(12-6-2-1-3-7-12)15(21)19-11-5-9-17-8-4-10-18(14)16(17)19/h1-3,6-7H,4-5,8-11H2/p+1. The van der Waals surface area contributed by atoms with Gasteiger partial charge in [0.1, 0.15) is 5.56 Å².